The number of ketones is 2. The third-order valence-corrected chi connectivity index (χ3v) is 6.54. The van der Waals surface area contributed by atoms with E-state index in [-0.39, 0.29) is 29.6 Å². The summed E-state index contributed by atoms with van der Waals surface area (Å²) in [5.41, 5.74) is 2.72. The SMILES string of the molecule is COC1=C(OC)C(=O)C(Cc2ccc(OCc3ccncc3)c(C(=O)N3CCCCC3)c2)=C(C)C1=O. The molecule has 1 aromatic carbocycles. The Morgan fingerprint density at radius 2 is 1.58 bits per heavy atom. The summed E-state index contributed by atoms with van der Waals surface area (Å²) in [7, 11) is 2.67. The van der Waals surface area contributed by atoms with E-state index in [0.29, 0.717) is 42.2 Å². The summed E-state index contributed by atoms with van der Waals surface area (Å²) in [6.45, 7) is 3.30. The number of nitrogens with zero attached hydrogens (tertiary/aromatic N) is 2. The Bertz CT molecular complexity index is 1230. The minimum atomic E-state index is -0.395. The molecule has 36 heavy (non-hydrogen) atoms. The number of carbonyl (C=O) groups excluding carboxylic acids is 3. The van der Waals surface area contributed by atoms with Gasteiger partial charge in [0.15, 0.2) is 0 Å². The standard InChI is InChI=1S/C28H30N2O6/c1-18-21(25(32)27(35-3)26(34-2)24(18)31)15-20-7-8-23(36-17-19-9-11-29-12-10-19)22(16-20)28(33)30-13-5-4-6-14-30/h7-12,16H,4-6,13-15,17H2,1-3H3. The molecule has 188 valence electrons. The fraction of sp³-hybridized carbons (Fsp3) is 0.357. The van der Waals surface area contributed by atoms with Crippen LogP contribution in [0.4, 0.5) is 0 Å². The molecule has 1 fully saturated rings. The molecule has 1 aliphatic carbocycles. The number of likely N-dealkylation sites (tertiary alicyclic amines) is 1. The van der Waals surface area contributed by atoms with Crippen LogP contribution >= 0.6 is 0 Å². The number of allylic oxidation sites excluding steroid dienone is 2. The quantitative estimate of drug-likeness (QED) is 0.520. The number of hydrogen-bond acceptors (Lipinski definition) is 7. The molecule has 2 aliphatic rings. The van der Waals surface area contributed by atoms with Crippen LogP contribution in [0.3, 0.4) is 0 Å². The third-order valence-electron chi connectivity index (χ3n) is 6.54. The second-order valence-corrected chi connectivity index (χ2v) is 8.83. The van der Waals surface area contributed by atoms with Crippen LogP contribution in [0.25, 0.3) is 0 Å². The molecule has 0 spiro atoms. The monoisotopic (exact) mass is 490 g/mol. The number of methoxy groups -OCH3 is 2. The lowest BCUT2D eigenvalue weighted by molar-refractivity contribution is -0.121. The van der Waals surface area contributed by atoms with Crippen LogP contribution in [0.15, 0.2) is 65.4 Å². The van der Waals surface area contributed by atoms with Gasteiger partial charge in [-0.2, -0.15) is 0 Å². The summed E-state index contributed by atoms with van der Waals surface area (Å²) in [5.74, 6) is -0.604. The van der Waals surface area contributed by atoms with Crippen LogP contribution < -0.4 is 4.74 Å². The maximum Gasteiger partial charge on any atom is 0.257 e. The minimum Gasteiger partial charge on any atom is -0.489 e. The van der Waals surface area contributed by atoms with E-state index in [0.717, 1.165) is 30.4 Å². The highest BCUT2D eigenvalue weighted by molar-refractivity contribution is 6.23. The fourth-order valence-electron chi connectivity index (χ4n) is 4.50. The number of hydrogen-bond donors (Lipinski definition) is 0. The van der Waals surface area contributed by atoms with Crippen molar-refractivity contribution in [3.05, 3.63) is 82.1 Å². The smallest absolute Gasteiger partial charge is 0.257 e. The summed E-state index contributed by atoms with van der Waals surface area (Å²) in [4.78, 5) is 45.2. The molecule has 0 saturated carbocycles. The third kappa shape index (κ3) is 5.17. The second kappa shape index (κ2) is 11.2. The zero-order valence-corrected chi connectivity index (χ0v) is 20.8. The molecule has 8 nitrogen and oxygen atoms in total. The van der Waals surface area contributed by atoms with Gasteiger partial charge >= 0.3 is 0 Å². The van der Waals surface area contributed by atoms with Gasteiger partial charge in [0, 0.05) is 43.1 Å². The number of benzene rings is 1. The number of amides is 1. The molecule has 4 rings (SSSR count). The largest absolute Gasteiger partial charge is 0.489 e. The molecule has 1 amide bonds. The molecular formula is C28H30N2O6. The van der Waals surface area contributed by atoms with Gasteiger partial charge in [-0.3, -0.25) is 19.4 Å². The number of pyridine rings is 1. The lowest BCUT2D eigenvalue weighted by Gasteiger charge is -2.27. The van der Waals surface area contributed by atoms with Crippen molar-refractivity contribution in [2.45, 2.75) is 39.2 Å². The molecule has 0 radical (unpaired) electrons. The Labute approximate surface area is 210 Å². The Balaban J connectivity index is 1.65. The van der Waals surface area contributed by atoms with Gasteiger partial charge in [0.05, 0.1) is 19.8 Å². The first-order valence-electron chi connectivity index (χ1n) is 12.0. The van der Waals surface area contributed by atoms with Crippen LogP contribution in [0.2, 0.25) is 0 Å². The van der Waals surface area contributed by atoms with E-state index >= 15 is 0 Å². The number of aromatic nitrogens is 1. The van der Waals surface area contributed by atoms with Crippen molar-refractivity contribution in [3.8, 4) is 5.75 Å². The van der Waals surface area contributed by atoms with Gasteiger partial charge in [-0.25, -0.2) is 0 Å². The average Bonchev–Trinajstić information content (AvgIpc) is 2.92. The first-order valence-corrected chi connectivity index (χ1v) is 12.0. The van der Waals surface area contributed by atoms with Crippen LogP contribution in [0, 0.1) is 0 Å². The van der Waals surface area contributed by atoms with Crippen LogP contribution in [-0.2, 0) is 32.1 Å². The summed E-state index contributed by atoms with van der Waals surface area (Å²) in [6.07, 6.45) is 6.60. The van der Waals surface area contributed by atoms with Gasteiger partial charge in [-0.15, -0.1) is 0 Å². The fourth-order valence-corrected chi connectivity index (χ4v) is 4.50. The Morgan fingerprint density at radius 3 is 2.25 bits per heavy atom. The number of carbonyl (C=O) groups is 3. The summed E-state index contributed by atoms with van der Waals surface area (Å²) < 4.78 is 16.4. The van der Waals surface area contributed by atoms with Crippen molar-refractivity contribution in [2.75, 3.05) is 27.3 Å². The predicted molar refractivity (Wildman–Crippen MR) is 132 cm³/mol. The molecule has 1 aromatic heterocycles. The van der Waals surface area contributed by atoms with Crippen molar-refractivity contribution in [1.29, 1.82) is 0 Å². The van der Waals surface area contributed by atoms with Crippen molar-refractivity contribution in [1.82, 2.24) is 9.88 Å². The van der Waals surface area contributed by atoms with Gasteiger partial charge in [0.2, 0.25) is 23.1 Å². The van der Waals surface area contributed by atoms with Gasteiger partial charge < -0.3 is 19.1 Å². The predicted octanol–water partition coefficient (Wildman–Crippen LogP) is 3.80. The molecule has 1 aliphatic heterocycles. The molecule has 2 heterocycles. The van der Waals surface area contributed by atoms with E-state index in [2.05, 4.69) is 4.98 Å². The molecule has 0 unspecified atom stereocenters. The summed E-state index contributed by atoms with van der Waals surface area (Å²) in [5, 5.41) is 0. The zero-order chi connectivity index (χ0) is 25.7. The highest BCUT2D eigenvalue weighted by Crippen LogP contribution is 2.30. The highest BCUT2D eigenvalue weighted by Gasteiger charge is 2.35. The molecule has 0 atom stereocenters. The number of rotatable bonds is 8. The van der Waals surface area contributed by atoms with Crippen molar-refractivity contribution < 1.29 is 28.6 Å². The van der Waals surface area contributed by atoms with E-state index in [4.69, 9.17) is 14.2 Å². The van der Waals surface area contributed by atoms with Gasteiger partial charge in [-0.1, -0.05) is 6.07 Å². The number of piperidine rings is 1. The number of ether oxygens (including phenoxy) is 3. The van der Waals surface area contributed by atoms with Crippen LogP contribution in [-0.4, -0.2) is 54.7 Å². The van der Waals surface area contributed by atoms with Gasteiger partial charge in [0.1, 0.15) is 12.4 Å². The van der Waals surface area contributed by atoms with E-state index in [1.54, 1.807) is 31.5 Å². The second-order valence-electron chi connectivity index (χ2n) is 8.83. The average molecular weight is 491 g/mol. The maximum atomic E-state index is 13.5. The lowest BCUT2D eigenvalue weighted by Crippen LogP contribution is -2.35. The Morgan fingerprint density at radius 1 is 0.917 bits per heavy atom. The number of Topliss-reactive ketones (excluding diaryl/α,β-unsaturated/α-hetero) is 2. The van der Waals surface area contributed by atoms with Crippen molar-refractivity contribution >= 4 is 17.5 Å². The summed E-state index contributed by atoms with van der Waals surface area (Å²) in [6, 6.07) is 9.05. The topological polar surface area (TPSA) is 95.0 Å². The molecule has 2 aromatic rings. The van der Waals surface area contributed by atoms with E-state index in [9.17, 15) is 14.4 Å². The molecular weight excluding hydrogens is 460 g/mol. The molecule has 8 heteroatoms. The van der Waals surface area contributed by atoms with E-state index < -0.39 is 5.78 Å². The van der Waals surface area contributed by atoms with Crippen molar-refractivity contribution in [2.24, 2.45) is 0 Å². The first-order chi connectivity index (χ1) is 17.4. The van der Waals surface area contributed by atoms with Crippen molar-refractivity contribution in [3.63, 3.8) is 0 Å². The molecule has 0 bridgehead atoms. The van der Waals surface area contributed by atoms with Gasteiger partial charge in [-0.05, 0) is 61.6 Å². The highest BCUT2D eigenvalue weighted by atomic mass is 16.5. The van der Waals surface area contributed by atoms with Crippen LogP contribution in [0.1, 0.15) is 47.7 Å². The van der Waals surface area contributed by atoms with Crippen LogP contribution in [0.5, 0.6) is 5.75 Å². The molecule has 0 N–H and O–H groups in total. The Hall–Kier alpha value is -3.94. The summed E-state index contributed by atoms with van der Waals surface area (Å²) >= 11 is 0. The van der Waals surface area contributed by atoms with E-state index in [1.807, 2.05) is 23.1 Å². The minimum absolute atomic E-state index is 0.0930. The normalized spacial score (nSPS) is 16.4. The molecule has 1 saturated heterocycles. The van der Waals surface area contributed by atoms with E-state index in [1.165, 1.54) is 14.2 Å². The lowest BCUT2D eigenvalue weighted by atomic mass is 9.88. The first kappa shape index (κ1) is 25.2. The zero-order valence-electron chi connectivity index (χ0n) is 20.8. The van der Waals surface area contributed by atoms with Gasteiger partial charge in [0.25, 0.3) is 5.91 Å². The Kier molecular flexibility index (Phi) is 7.83. The maximum absolute atomic E-state index is 13.5.